The van der Waals surface area contributed by atoms with Gasteiger partial charge in [0.05, 0.1) is 11.7 Å². The monoisotopic (exact) mass is 315 g/mol. The van der Waals surface area contributed by atoms with Crippen LogP contribution in [0.3, 0.4) is 0 Å². The molecule has 7 heteroatoms. The maximum absolute atomic E-state index is 13.1. The van der Waals surface area contributed by atoms with Crippen LogP contribution in [0.5, 0.6) is 0 Å². The SMILES string of the molecule is O[C@@H]1CNCC1N1CCN(c2ccccc2C(F)(F)F)CC1. The second-order valence-corrected chi connectivity index (χ2v) is 5.83. The van der Waals surface area contributed by atoms with Crippen molar-refractivity contribution in [1.29, 1.82) is 0 Å². The molecule has 0 spiro atoms. The second kappa shape index (κ2) is 6.06. The lowest BCUT2D eigenvalue weighted by Crippen LogP contribution is -2.54. The number of rotatable bonds is 2. The van der Waals surface area contributed by atoms with Gasteiger partial charge in [0.15, 0.2) is 0 Å². The summed E-state index contributed by atoms with van der Waals surface area (Å²) >= 11 is 0. The van der Waals surface area contributed by atoms with Crippen LogP contribution in [0.15, 0.2) is 24.3 Å². The zero-order valence-corrected chi connectivity index (χ0v) is 12.2. The molecule has 2 fully saturated rings. The number of anilines is 1. The van der Waals surface area contributed by atoms with Gasteiger partial charge in [0.1, 0.15) is 0 Å². The van der Waals surface area contributed by atoms with Gasteiger partial charge in [-0.15, -0.1) is 0 Å². The minimum absolute atomic E-state index is 0.0695. The van der Waals surface area contributed by atoms with E-state index in [0.29, 0.717) is 32.7 Å². The summed E-state index contributed by atoms with van der Waals surface area (Å²) in [6.45, 7) is 3.72. The third kappa shape index (κ3) is 3.06. The fraction of sp³-hybridized carbons (Fsp3) is 0.600. The quantitative estimate of drug-likeness (QED) is 0.859. The highest BCUT2D eigenvalue weighted by Gasteiger charge is 2.36. The van der Waals surface area contributed by atoms with Crippen molar-refractivity contribution in [3.05, 3.63) is 29.8 Å². The van der Waals surface area contributed by atoms with Crippen molar-refractivity contribution in [3.63, 3.8) is 0 Å². The summed E-state index contributed by atoms with van der Waals surface area (Å²) in [7, 11) is 0. The lowest BCUT2D eigenvalue weighted by atomic mass is 10.1. The van der Waals surface area contributed by atoms with Crippen LogP contribution in [-0.2, 0) is 6.18 Å². The summed E-state index contributed by atoms with van der Waals surface area (Å²) in [6.07, 6.45) is -4.73. The number of nitrogens with one attached hydrogen (secondary N) is 1. The first-order chi connectivity index (χ1) is 10.5. The molecule has 4 nitrogen and oxygen atoms in total. The van der Waals surface area contributed by atoms with E-state index in [1.165, 1.54) is 12.1 Å². The van der Waals surface area contributed by atoms with Crippen molar-refractivity contribution in [1.82, 2.24) is 10.2 Å². The Morgan fingerprint density at radius 1 is 1.05 bits per heavy atom. The van der Waals surface area contributed by atoms with E-state index in [0.717, 1.165) is 12.6 Å². The summed E-state index contributed by atoms with van der Waals surface area (Å²) in [5.74, 6) is 0. The van der Waals surface area contributed by atoms with Gasteiger partial charge in [0.2, 0.25) is 0 Å². The van der Waals surface area contributed by atoms with Gasteiger partial charge >= 0.3 is 6.18 Å². The number of hydrogen-bond acceptors (Lipinski definition) is 4. The van der Waals surface area contributed by atoms with E-state index in [9.17, 15) is 18.3 Å². The van der Waals surface area contributed by atoms with Crippen LogP contribution in [0.2, 0.25) is 0 Å². The Morgan fingerprint density at radius 3 is 2.32 bits per heavy atom. The first kappa shape index (κ1) is 15.6. The number of β-amino-alcohol motifs (C(OH)–C–C–N with tert-alkyl or cyclic N) is 1. The van der Waals surface area contributed by atoms with Gasteiger partial charge in [-0.25, -0.2) is 0 Å². The van der Waals surface area contributed by atoms with Gasteiger partial charge in [0, 0.05) is 51.0 Å². The summed E-state index contributed by atoms with van der Waals surface area (Å²) < 4.78 is 39.3. The molecule has 0 saturated carbocycles. The smallest absolute Gasteiger partial charge is 0.390 e. The Hall–Kier alpha value is -1.31. The minimum Gasteiger partial charge on any atom is -0.390 e. The van der Waals surface area contributed by atoms with E-state index in [1.54, 1.807) is 11.0 Å². The summed E-state index contributed by atoms with van der Waals surface area (Å²) in [6, 6.07) is 5.79. The molecule has 2 aliphatic heterocycles. The number of piperazine rings is 1. The van der Waals surface area contributed by atoms with E-state index in [-0.39, 0.29) is 11.7 Å². The molecule has 22 heavy (non-hydrogen) atoms. The van der Waals surface area contributed by atoms with Gasteiger partial charge in [-0.1, -0.05) is 12.1 Å². The lowest BCUT2D eigenvalue weighted by molar-refractivity contribution is -0.137. The molecular weight excluding hydrogens is 295 g/mol. The van der Waals surface area contributed by atoms with Gasteiger partial charge in [-0.2, -0.15) is 13.2 Å². The molecule has 2 N–H and O–H groups in total. The van der Waals surface area contributed by atoms with Crippen molar-refractivity contribution >= 4 is 5.69 Å². The normalized spacial score (nSPS) is 27.4. The van der Waals surface area contributed by atoms with Crippen LogP contribution >= 0.6 is 0 Å². The first-order valence-corrected chi connectivity index (χ1v) is 7.51. The molecule has 2 atom stereocenters. The van der Waals surface area contributed by atoms with Crippen LogP contribution in [-0.4, -0.2) is 61.4 Å². The molecule has 1 aromatic carbocycles. The first-order valence-electron chi connectivity index (χ1n) is 7.51. The summed E-state index contributed by atoms with van der Waals surface area (Å²) in [5.41, 5.74) is -0.328. The molecule has 0 bridgehead atoms. The van der Waals surface area contributed by atoms with Gasteiger partial charge in [0.25, 0.3) is 0 Å². The standard InChI is InChI=1S/C15H20F3N3O/c16-15(17,18)11-3-1-2-4-12(11)20-5-7-21(8-6-20)13-9-19-10-14(13)22/h1-4,13-14,19,22H,5-10H2/t13?,14-/m1/s1. The van der Waals surface area contributed by atoms with Crippen LogP contribution in [0.1, 0.15) is 5.56 Å². The number of nitrogens with zero attached hydrogens (tertiary/aromatic N) is 2. The summed E-state index contributed by atoms with van der Waals surface area (Å²) in [5, 5.41) is 13.0. The fourth-order valence-corrected chi connectivity index (χ4v) is 3.31. The third-order valence-electron chi connectivity index (χ3n) is 4.48. The largest absolute Gasteiger partial charge is 0.418 e. The highest BCUT2D eigenvalue weighted by atomic mass is 19.4. The van der Waals surface area contributed by atoms with Crippen LogP contribution in [0, 0.1) is 0 Å². The number of halogens is 3. The molecular formula is C15H20F3N3O. The number of benzene rings is 1. The maximum Gasteiger partial charge on any atom is 0.418 e. The predicted octanol–water partition coefficient (Wildman–Crippen LogP) is 1.16. The Balaban J connectivity index is 1.69. The number of aliphatic hydroxyl groups excluding tert-OH is 1. The van der Waals surface area contributed by atoms with Gasteiger partial charge in [-0.3, -0.25) is 4.90 Å². The molecule has 0 aromatic heterocycles. The van der Waals surface area contributed by atoms with E-state index in [4.69, 9.17) is 0 Å². The van der Waals surface area contributed by atoms with Gasteiger partial charge in [-0.05, 0) is 12.1 Å². The Kier molecular flexibility index (Phi) is 4.29. The Bertz CT molecular complexity index is 515. The van der Waals surface area contributed by atoms with Crippen molar-refractivity contribution < 1.29 is 18.3 Å². The average Bonchev–Trinajstić information content (AvgIpc) is 2.93. The van der Waals surface area contributed by atoms with Crippen LogP contribution < -0.4 is 10.2 Å². The Labute approximate surface area is 127 Å². The molecule has 1 aromatic rings. The molecule has 0 amide bonds. The molecule has 3 rings (SSSR count). The van der Waals surface area contributed by atoms with E-state index in [2.05, 4.69) is 10.2 Å². The molecule has 2 saturated heterocycles. The number of alkyl halides is 3. The predicted molar refractivity (Wildman–Crippen MR) is 77.9 cm³/mol. The van der Waals surface area contributed by atoms with Crippen molar-refractivity contribution in [2.75, 3.05) is 44.2 Å². The average molecular weight is 315 g/mol. The maximum atomic E-state index is 13.1. The molecule has 0 radical (unpaired) electrons. The minimum atomic E-state index is -4.33. The number of hydrogen-bond donors (Lipinski definition) is 2. The number of para-hydroxylation sites is 1. The van der Waals surface area contributed by atoms with E-state index in [1.807, 2.05) is 0 Å². The highest BCUT2D eigenvalue weighted by molar-refractivity contribution is 5.55. The highest BCUT2D eigenvalue weighted by Crippen LogP contribution is 2.36. The molecule has 1 unspecified atom stereocenters. The molecule has 2 aliphatic rings. The lowest BCUT2D eigenvalue weighted by Gasteiger charge is -2.40. The fourth-order valence-electron chi connectivity index (χ4n) is 3.31. The summed E-state index contributed by atoms with van der Waals surface area (Å²) in [4.78, 5) is 3.95. The molecule has 0 aliphatic carbocycles. The topological polar surface area (TPSA) is 38.7 Å². The molecule has 2 heterocycles. The van der Waals surface area contributed by atoms with Crippen molar-refractivity contribution in [3.8, 4) is 0 Å². The number of aliphatic hydroxyl groups is 1. The second-order valence-electron chi connectivity index (χ2n) is 5.83. The van der Waals surface area contributed by atoms with Crippen molar-refractivity contribution in [2.24, 2.45) is 0 Å². The third-order valence-corrected chi connectivity index (χ3v) is 4.48. The van der Waals surface area contributed by atoms with Crippen LogP contribution in [0.4, 0.5) is 18.9 Å². The van der Waals surface area contributed by atoms with Crippen molar-refractivity contribution in [2.45, 2.75) is 18.3 Å². The van der Waals surface area contributed by atoms with Crippen LogP contribution in [0.25, 0.3) is 0 Å². The zero-order chi connectivity index (χ0) is 15.7. The van der Waals surface area contributed by atoms with Gasteiger partial charge < -0.3 is 15.3 Å². The molecule has 122 valence electrons. The van der Waals surface area contributed by atoms with E-state index < -0.39 is 17.8 Å². The zero-order valence-electron chi connectivity index (χ0n) is 12.2. The van der Waals surface area contributed by atoms with E-state index >= 15 is 0 Å². The Morgan fingerprint density at radius 2 is 1.73 bits per heavy atom.